The minimum absolute atomic E-state index is 0.0136. The van der Waals surface area contributed by atoms with Gasteiger partial charge in [-0.3, -0.25) is 19.7 Å². The van der Waals surface area contributed by atoms with Crippen LogP contribution >= 0.6 is 11.3 Å². The molecular weight excluding hydrogens is 428 g/mol. The summed E-state index contributed by atoms with van der Waals surface area (Å²) >= 11 is 1.24. The number of carbonyl (C=O) groups is 3. The molecule has 3 amide bonds. The van der Waals surface area contributed by atoms with Crippen LogP contribution in [0.15, 0.2) is 60.0 Å². The molecule has 1 heterocycles. The zero-order chi connectivity index (χ0) is 22.9. The molecule has 0 fully saturated rings. The Balaban J connectivity index is 1.58. The van der Waals surface area contributed by atoms with E-state index in [0.29, 0.717) is 27.9 Å². The molecule has 1 aromatic heterocycles. The third-order valence-corrected chi connectivity index (χ3v) is 4.95. The highest BCUT2D eigenvalue weighted by atomic mass is 32.1. The van der Waals surface area contributed by atoms with Crippen molar-refractivity contribution in [3.05, 3.63) is 71.2 Å². The summed E-state index contributed by atoms with van der Waals surface area (Å²) in [5.41, 5.74) is 2.40. The van der Waals surface area contributed by atoms with Crippen molar-refractivity contribution in [2.45, 2.75) is 13.3 Å². The fraction of sp³-hybridized carbons (Fsp3) is 0.130. The van der Waals surface area contributed by atoms with Crippen LogP contribution in [-0.4, -0.2) is 29.8 Å². The second kappa shape index (κ2) is 10.9. The monoisotopic (exact) mass is 450 g/mol. The number of aromatic nitrogens is 1. The Kier molecular flexibility index (Phi) is 7.71. The topological polar surface area (TPSA) is 109 Å². The summed E-state index contributed by atoms with van der Waals surface area (Å²) in [6, 6.07) is 14.4. The van der Waals surface area contributed by atoms with Crippen molar-refractivity contribution in [2.75, 3.05) is 23.1 Å². The average Bonchev–Trinajstić information content (AvgIpc) is 3.19. The van der Waals surface area contributed by atoms with E-state index < -0.39 is 0 Å². The van der Waals surface area contributed by atoms with Gasteiger partial charge in [0.25, 0.3) is 0 Å². The SMILES string of the molecule is COc1ccc(NC(C)=O)cc1NC(=O)Cc1csc(NC(=O)/C=C/c2ccccc2)n1. The summed E-state index contributed by atoms with van der Waals surface area (Å²) in [5.74, 6) is -0.374. The maximum absolute atomic E-state index is 12.5. The first-order valence-electron chi connectivity index (χ1n) is 9.67. The minimum Gasteiger partial charge on any atom is -0.495 e. The van der Waals surface area contributed by atoms with Crippen LogP contribution in [0.2, 0.25) is 0 Å². The van der Waals surface area contributed by atoms with Gasteiger partial charge in [0.2, 0.25) is 17.7 Å². The summed E-state index contributed by atoms with van der Waals surface area (Å²) in [5, 5.41) is 10.2. The summed E-state index contributed by atoms with van der Waals surface area (Å²) < 4.78 is 5.26. The lowest BCUT2D eigenvalue weighted by Crippen LogP contribution is -2.16. The number of anilines is 3. The van der Waals surface area contributed by atoms with Gasteiger partial charge < -0.3 is 15.4 Å². The fourth-order valence-corrected chi connectivity index (χ4v) is 3.49. The lowest BCUT2D eigenvalue weighted by Gasteiger charge is -2.12. The van der Waals surface area contributed by atoms with Crippen LogP contribution < -0.4 is 20.7 Å². The Labute approximate surface area is 189 Å². The maximum atomic E-state index is 12.5. The number of hydrogen-bond acceptors (Lipinski definition) is 6. The standard InChI is InChI=1S/C23H22N4O4S/c1-15(28)24-17-9-10-20(31-2)19(12-17)26-22(30)13-18-14-32-23(25-18)27-21(29)11-8-16-6-4-3-5-7-16/h3-12,14H,13H2,1-2H3,(H,24,28)(H,26,30)(H,25,27,29)/b11-8+. The highest BCUT2D eigenvalue weighted by molar-refractivity contribution is 7.14. The van der Waals surface area contributed by atoms with E-state index in [0.717, 1.165) is 5.56 Å². The van der Waals surface area contributed by atoms with E-state index in [1.807, 2.05) is 30.3 Å². The zero-order valence-corrected chi connectivity index (χ0v) is 18.4. The first-order chi connectivity index (χ1) is 15.4. The van der Waals surface area contributed by atoms with Gasteiger partial charge in [-0.15, -0.1) is 11.3 Å². The predicted octanol–water partition coefficient (Wildman–Crippen LogP) is 3.94. The number of hydrogen-bond donors (Lipinski definition) is 3. The number of thiazole rings is 1. The third kappa shape index (κ3) is 6.78. The first kappa shape index (κ1) is 22.7. The zero-order valence-electron chi connectivity index (χ0n) is 17.5. The van der Waals surface area contributed by atoms with Crippen LogP contribution in [0.4, 0.5) is 16.5 Å². The second-order valence-electron chi connectivity index (χ2n) is 6.70. The molecule has 0 aliphatic heterocycles. The molecular formula is C23H22N4O4S. The number of methoxy groups -OCH3 is 1. The van der Waals surface area contributed by atoms with Gasteiger partial charge in [0.05, 0.1) is 24.9 Å². The molecule has 32 heavy (non-hydrogen) atoms. The van der Waals surface area contributed by atoms with E-state index >= 15 is 0 Å². The van der Waals surface area contributed by atoms with E-state index in [-0.39, 0.29) is 24.1 Å². The number of benzene rings is 2. The Hall–Kier alpha value is -3.98. The van der Waals surface area contributed by atoms with Gasteiger partial charge in [-0.2, -0.15) is 0 Å². The lowest BCUT2D eigenvalue weighted by molar-refractivity contribution is -0.116. The number of rotatable bonds is 8. The summed E-state index contributed by atoms with van der Waals surface area (Å²) in [6.45, 7) is 1.40. The van der Waals surface area contributed by atoms with Crippen LogP contribution in [0, 0.1) is 0 Å². The van der Waals surface area contributed by atoms with E-state index in [1.54, 1.807) is 29.7 Å². The van der Waals surface area contributed by atoms with Gasteiger partial charge in [0.15, 0.2) is 5.13 Å². The average molecular weight is 451 g/mol. The molecule has 3 aromatic rings. The molecule has 3 N–H and O–H groups in total. The van der Waals surface area contributed by atoms with E-state index in [9.17, 15) is 14.4 Å². The summed E-state index contributed by atoms with van der Waals surface area (Å²) in [4.78, 5) is 40.1. The normalized spacial score (nSPS) is 10.6. The van der Waals surface area contributed by atoms with Crippen LogP contribution in [0.1, 0.15) is 18.2 Å². The molecule has 0 aliphatic carbocycles. The largest absolute Gasteiger partial charge is 0.495 e. The summed E-state index contributed by atoms with van der Waals surface area (Å²) in [7, 11) is 1.49. The first-order valence-corrected chi connectivity index (χ1v) is 10.5. The van der Waals surface area contributed by atoms with Crippen molar-refractivity contribution in [1.82, 2.24) is 4.98 Å². The maximum Gasteiger partial charge on any atom is 0.250 e. The van der Waals surface area contributed by atoms with Gasteiger partial charge in [-0.05, 0) is 29.8 Å². The molecule has 164 valence electrons. The highest BCUT2D eigenvalue weighted by Gasteiger charge is 2.12. The van der Waals surface area contributed by atoms with Crippen LogP contribution in [0.5, 0.6) is 5.75 Å². The fourth-order valence-electron chi connectivity index (χ4n) is 2.77. The smallest absolute Gasteiger partial charge is 0.250 e. The van der Waals surface area contributed by atoms with Crippen molar-refractivity contribution >= 4 is 51.6 Å². The van der Waals surface area contributed by atoms with Gasteiger partial charge in [-0.1, -0.05) is 30.3 Å². The molecule has 2 aromatic carbocycles. The Morgan fingerprint density at radius 3 is 2.56 bits per heavy atom. The molecule has 0 radical (unpaired) electrons. The van der Waals surface area contributed by atoms with Crippen molar-refractivity contribution in [1.29, 1.82) is 0 Å². The van der Waals surface area contributed by atoms with E-state index in [4.69, 9.17) is 4.74 Å². The van der Waals surface area contributed by atoms with Crippen LogP contribution in [0.25, 0.3) is 6.08 Å². The van der Waals surface area contributed by atoms with Gasteiger partial charge in [0, 0.05) is 24.1 Å². The van der Waals surface area contributed by atoms with Crippen LogP contribution in [0.3, 0.4) is 0 Å². The quantitative estimate of drug-likeness (QED) is 0.450. The molecule has 3 rings (SSSR count). The van der Waals surface area contributed by atoms with Crippen molar-refractivity contribution in [3.63, 3.8) is 0 Å². The van der Waals surface area contributed by atoms with E-state index in [2.05, 4.69) is 20.9 Å². The molecule has 0 bridgehead atoms. The van der Waals surface area contributed by atoms with Gasteiger partial charge >= 0.3 is 0 Å². The number of carbonyl (C=O) groups excluding carboxylic acids is 3. The highest BCUT2D eigenvalue weighted by Crippen LogP contribution is 2.28. The minimum atomic E-state index is -0.310. The summed E-state index contributed by atoms with van der Waals surface area (Å²) in [6.07, 6.45) is 3.15. The molecule has 0 unspecified atom stereocenters. The molecule has 8 nitrogen and oxygen atoms in total. The van der Waals surface area contributed by atoms with E-state index in [1.165, 1.54) is 31.4 Å². The third-order valence-electron chi connectivity index (χ3n) is 4.14. The van der Waals surface area contributed by atoms with Gasteiger partial charge in [-0.25, -0.2) is 4.98 Å². The van der Waals surface area contributed by atoms with Crippen LogP contribution in [-0.2, 0) is 20.8 Å². The number of amides is 3. The Morgan fingerprint density at radius 2 is 1.84 bits per heavy atom. The molecule has 0 atom stereocenters. The molecule has 0 aliphatic rings. The number of nitrogens with one attached hydrogen (secondary N) is 3. The predicted molar refractivity (Wildman–Crippen MR) is 126 cm³/mol. The Morgan fingerprint density at radius 1 is 1.06 bits per heavy atom. The molecule has 0 saturated carbocycles. The van der Waals surface area contributed by atoms with Gasteiger partial charge in [0.1, 0.15) is 5.75 Å². The van der Waals surface area contributed by atoms with Crippen molar-refractivity contribution in [3.8, 4) is 5.75 Å². The molecule has 9 heteroatoms. The number of nitrogens with zero attached hydrogens (tertiary/aromatic N) is 1. The van der Waals surface area contributed by atoms with Crippen molar-refractivity contribution < 1.29 is 19.1 Å². The lowest BCUT2D eigenvalue weighted by atomic mass is 10.2. The van der Waals surface area contributed by atoms with Crippen molar-refractivity contribution in [2.24, 2.45) is 0 Å². The molecule has 0 saturated heterocycles. The Bertz CT molecular complexity index is 1140. The number of ether oxygens (including phenoxy) is 1. The molecule has 0 spiro atoms. The second-order valence-corrected chi connectivity index (χ2v) is 7.56.